The van der Waals surface area contributed by atoms with Crippen molar-refractivity contribution in [3.63, 3.8) is 0 Å². The molecule has 0 radical (unpaired) electrons. The summed E-state index contributed by atoms with van der Waals surface area (Å²) in [7, 11) is 0. The van der Waals surface area contributed by atoms with Crippen molar-refractivity contribution in [2.75, 3.05) is 19.6 Å². The van der Waals surface area contributed by atoms with Gasteiger partial charge in [0.25, 0.3) is 0 Å². The molecule has 0 aromatic rings. The second-order valence-electron chi connectivity index (χ2n) is 6.45. The molecule has 0 spiro atoms. The summed E-state index contributed by atoms with van der Waals surface area (Å²) in [6, 6.07) is 0.203. The van der Waals surface area contributed by atoms with Crippen molar-refractivity contribution in [2.45, 2.75) is 52.2 Å². The number of hydrogen-bond donors (Lipinski definition) is 2. The molecule has 6 heteroatoms. The maximum absolute atomic E-state index is 12.2. The van der Waals surface area contributed by atoms with E-state index in [1.54, 1.807) is 20.8 Å². The molecule has 1 aliphatic heterocycles. The van der Waals surface area contributed by atoms with Crippen LogP contribution < -0.4 is 11.1 Å². The highest BCUT2D eigenvalue weighted by Crippen LogP contribution is 2.12. The van der Waals surface area contributed by atoms with Crippen LogP contribution in [0.15, 0.2) is 0 Å². The van der Waals surface area contributed by atoms with Crippen LogP contribution in [-0.2, 0) is 9.53 Å². The van der Waals surface area contributed by atoms with Crippen molar-refractivity contribution in [2.24, 2.45) is 11.7 Å². The summed E-state index contributed by atoms with van der Waals surface area (Å²) in [5.74, 6) is -0.190. The van der Waals surface area contributed by atoms with Gasteiger partial charge in [-0.25, -0.2) is 4.79 Å². The van der Waals surface area contributed by atoms with Crippen LogP contribution in [0.1, 0.15) is 40.5 Å². The Labute approximate surface area is 121 Å². The average molecular weight is 285 g/mol. The SMILES string of the molecule is CC(CNC(=O)OC(C)(C)C)C(=O)N1CCC(N)CC1. The molecule has 1 aliphatic rings. The average Bonchev–Trinajstić information content (AvgIpc) is 2.34. The Morgan fingerprint density at radius 3 is 2.40 bits per heavy atom. The van der Waals surface area contributed by atoms with E-state index in [0.29, 0.717) is 13.1 Å². The molecule has 6 nitrogen and oxygen atoms in total. The first-order chi connectivity index (χ1) is 9.19. The Morgan fingerprint density at radius 1 is 1.35 bits per heavy atom. The fourth-order valence-corrected chi connectivity index (χ4v) is 2.07. The van der Waals surface area contributed by atoms with Crippen LogP contribution in [0, 0.1) is 5.92 Å². The van der Waals surface area contributed by atoms with Gasteiger partial charge in [0.2, 0.25) is 5.91 Å². The first-order valence-corrected chi connectivity index (χ1v) is 7.20. The van der Waals surface area contributed by atoms with E-state index in [1.807, 2.05) is 11.8 Å². The predicted octanol–water partition coefficient (Wildman–Crippen LogP) is 1.10. The van der Waals surface area contributed by atoms with Crippen LogP contribution >= 0.6 is 0 Å². The van der Waals surface area contributed by atoms with Gasteiger partial charge in [-0.3, -0.25) is 4.79 Å². The first kappa shape index (κ1) is 16.8. The lowest BCUT2D eigenvalue weighted by molar-refractivity contribution is -0.135. The minimum absolute atomic E-state index is 0.0629. The van der Waals surface area contributed by atoms with Gasteiger partial charge < -0.3 is 20.7 Å². The van der Waals surface area contributed by atoms with E-state index in [-0.39, 0.29) is 24.4 Å². The van der Waals surface area contributed by atoms with Gasteiger partial charge >= 0.3 is 6.09 Å². The van der Waals surface area contributed by atoms with Crippen molar-refractivity contribution in [3.05, 3.63) is 0 Å². The third kappa shape index (κ3) is 5.77. The van der Waals surface area contributed by atoms with Crippen LogP contribution in [0.25, 0.3) is 0 Å². The summed E-state index contributed by atoms with van der Waals surface area (Å²) in [5.41, 5.74) is 5.29. The minimum Gasteiger partial charge on any atom is -0.444 e. The van der Waals surface area contributed by atoms with Gasteiger partial charge in [-0.05, 0) is 33.6 Å². The largest absolute Gasteiger partial charge is 0.444 e. The van der Waals surface area contributed by atoms with E-state index >= 15 is 0 Å². The number of likely N-dealkylation sites (tertiary alicyclic amines) is 1. The van der Waals surface area contributed by atoms with Gasteiger partial charge in [0.05, 0.1) is 5.92 Å². The number of nitrogens with one attached hydrogen (secondary N) is 1. The van der Waals surface area contributed by atoms with Gasteiger partial charge in [0.1, 0.15) is 5.60 Å². The molecule has 1 heterocycles. The van der Waals surface area contributed by atoms with E-state index < -0.39 is 11.7 Å². The molecule has 0 aromatic carbocycles. The molecule has 2 amide bonds. The molecule has 1 fully saturated rings. The van der Waals surface area contributed by atoms with Gasteiger partial charge in [-0.1, -0.05) is 6.92 Å². The Kier molecular flexibility index (Phi) is 5.80. The van der Waals surface area contributed by atoms with Gasteiger partial charge in [-0.2, -0.15) is 0 Å². The molecule has 0 aliphatic carbocycles. The summed E-state index contributed by atoms with van der Waals surface area (Å²) in [4.78, 5) is 25.5. The molecule has 0 bridgehead atoms. The summed E-state index contributed by atoms with van der Waals surface area (Å²) in [5, 5.41) is 2.63. The lowest BCUT2D eigenvalue weighted by Gasteiger charge is -2.32. The van der Waals surface area contributed by atoms with Gasteiger partial charge in [-0.15, -0.1) is 0 Å². The Balaban J connectivity index is 2.33. The standard InChI is InChI=1S/C14H27N3O3/c1-10(9-16-13(19)20-14(2,3)4)12(18)17-7-5-11(15)6-8-17/h10-11H,5-9,15H2,1-4H3,(H,16,19). The Hall–Kier alpha value is -1.30. The summed E-state index contributed by atoms with van der Waals surface area (Å²) >= 11 is 0. The maximum atomic E-state index is 12.2. The molecule has 3 N–H and O–H groups in total. The molecular formula is C14H27N3O3. The Bertz CT molecular complexity index is 344. The lowest BCUT2D eigenvalue weighted by atomic mass is 10.0. The topological polar surface area (TPSA) is 84.7 Å². The number of ether oxygens (including phenoxy) is 1. The molecule has 1 saturated heterocycles. The number of rotatable bonds is 3. The summed E-state index contributed by atoms with van der Waals surface area (Å²) in [6.07, 6.45) is 1.20. The molecule has 116 valence electrons. The number of carbonyl (C=O) groups excluding carboxylic acids is 2. The Morgan fingerprint density at radius 2 is 1.90 bits per heavy atom. The van der Waals surface area contributed by atoms with Crippen LogP contribution in [0.3, 0.4) is 0 Å². The fraction of sp³-hybridized carbons (Fsp3) is 0.857. The monoisotopic (exact) mass is 285 g/mol. The number of alkyl carbamates (subject to hydrolysis) is 1. The van der Waals surface area contributed by atoms with E-state index in [4.69, 9.17) is 10.5 Å². The van der Waals surface area contributed by atoms with Crippen LogP contribution in [-0.4, -0.2) is 48.2 Å². The quantitative estimate of drug-likeness (QED) is 0.813. The number of nitrogens with two attached hydrogens (primary N) is 1. The fourth-order valence-electron chi connectivity index (χ4n) is 2.07. The summed E-state index contributed by atoms with van der Waals surface area (Å²) < 4.78 is 5.14. The first-order valence-electron chi connectivity index (χ1n) is 7.20. The molecule has 1 rings (SSSR count). The second-order valence-corrected chi connectivity index (χ2v) is 6.45. The highest BCUT2D eigenvalue weighted by Gasteiger charge is 2.25. The van der Waals surface area contributed by atoms with E-state index in [1.165, 1.54) is 0 Å². The van der Waals surface area contributed by atoms with Crippen LogP contribution in [0.5, 0.6) is 0 Å². The summed E-state index contributed by atoms with van der Waals surface area (Å²) in [6.45, 7) is 8.92. The molecule has 1 unspecified atom stereocenters. The molecule has 20 heavy (non-hydrogen) atoms. The van der Waals surface area contributed by atoms with Crippen molar-refractivity contribution in [1.82, 2.24) is 10.2 Å². The van der Waals surface area contributed by atoms with Crippen molar-refractivity contribution in [1.29, 1.82) is 0 Å². The molecule has 0 aromatic heterocycles. The second kappa shape index (κ2) is 6.92. The van der Waals surface area contributed by atoms with E-state index in [0.717, 1.165) is 12.8 Å². The van der Waals surface area contributed by atoms with Gasteiger partial charge in [0.15, 0.2) is 0 Å². The molecule has 0 saturated carbocycles. The number of carbonyl (C=O) groups is 2. The third-order valence-corrected chi connectivity index (χ3v) is 3.22. The van der Waals surface area contributed by atoms with Crippen LogP contribution in [0.2, 0.25) is 0 Å². The lowest BCUT2D eigenvalue weighted by Crippen LogP contribution is -2.47. The van der Waals surface area contributed by atoms with Gasteiger partial charge in [0, 0.05) is 25.7 Å². The number of amides is 2. The molecular weight excluding hydrogens is 258 g/mol. The van der Waals surface area contributed by atoms with Crippen molar-refractivity contribution < 1.29 is 14.3 Å². The van der Waals surface area contributed by atoms with Crippen molar-refractivity contribution in [3.8, 4) is 0 Å². The zero-order valence-corrected chi connectivity index (χ0v) is 12.9. The van der Waals surface area contributed by atoms with Crippen LogP contribution in [0.4, 0.5) is 4.79 Å². The zero-order chi connectivity index (χ0) is 15.3. The normalized spacial score (nSPS) is 18.6. The highest BCUT2D eigenvalue weighted by atomic mass is 16.6. The number of hydrogen-bond acceptors (Lipinski definition) is 4. The third-order valence-electron chi connectivity index (χ3n) is 3.22. The number of nitrogens with zero attached hydrogens (tertiary/aromatic N) is 1. The minimum atomic E-state index is -0.527. The van der Waals surface area contributed by atoms with E-state index in [2.05, 4.69) is 5.32 Å². The smallest absolute Gasteiger partial charge is 0.407 e. The van der Waals surface area contributed by atoms with Crippen molar-refractivity contribution >= 4 is 12.0 Å². The zero-order valence-electron chi connectivity index (χ0n) is 12.9. The highest BCUT2D eigenvalue weighted by molar-refractivity contribution is 5.79. The maximum Gasteiger partial charge on any atom is 0.407 e. The predicted molar refractivity (Wildman–Crippen MR) is 77.2 cm³/mol. The van der Waals surface area contributed by atoms with E-state index in [9.17, 15) is 9.59 Å². The number of piperidine rings is 1. The molecule has 1 atom stereocenters.